The monoisotopic (exact) mass is 150 g/mol. The molecule has 2 N–H and O–H groups in total. The van der Waals surface area contributed by atoms with Crippen LogP contribution >= 0.6 is 0 Å². The van der Waals surface area contributed by atoms with E-state index in [0.717, 1.165) is 0 Å². The highest BCUT2D eigenvalue weighted by molar-refractivity contribution is 5.30. The highest BCUT2D eigenvalue weighted by atomic mass is 16.3. The van der Waals surface area contributed by atoms with Crippen LogP contribution in [0.1, 0.15) is 6.42 Å². The van der Waals surface area contributed by atoms with Crippen molar-refractivity contribution in [2.75, 3.05) is 13.2 Å². The Hall–Kier alpha value is -1.22. The number of hydrogen-bond acceptors (Lipinski definition) is 2. The number of rotatable bonds is 2. The van der Waals surface area contributed by atoms with Crippen molar-refractivity contribution in [2.45, 2.75) is 6.42 Å². The van der Waals surface area contributed by atoms with Crippen LogP contribution in [0.2, 0.25) is 0 Å². The number of aliphatic hydroxyl groups excluding tert-OH is 2. The van der Waals surface area contributed by atoms with Crippen molar-refractivity contribution in [3.63, 3.8) is 0 Å². The second-order valence-corrected chi connectivity index (χ2v) is 1.63. The van der Waals surface area contributed by atoms with Gasteiger partial charge in [0.2, 0.25) is 0 Å². The second-order valence-electron chi connectivity index (χ2n) is 1.63. The zero-order chi connectivity index (χ0) is 8.36. The fourth-order valence-corrected chi connectivity index (χ4v) is 0.352. The molecule has 0 aromatic carbocycles. The van der Waals surface area contributed by atoms with Gasteiger partial charge in [0, 0.05) is 6.42 Å². The highest BCUT2D eigenvalue weighted by Crippen LogP contribution is 1.69. The lowest BCUT2D eigenvalue weighted by molar-refractivity contribution is 0.305. The van der Waals surface area contributed by atoms with Gasteiger partial charge in [-0.25, -0.2) is 0 Å². The zero-order valence-electron chi connectivity index (χ0n) is 6.17. The van der Waals surface area contributed by atoms with Gasteiger partial charge in [-0.1, -0.05) is 17.9 Å². The topological polar surface area (TPSA) is 40.5 Å². The molecule has 0 radical (unpaired) electrons. The average Bonchev–Trinajstić information content (AvgIpc) is 2.03. The predicted molar refractivity (Wildman–Crippen MR) is 43.5 cm³/mol. The number of allylic oxidation sites excluding steroid dienone is 1. The molecule has 2 nitrogen and oxygen atoms in total. The summed E-state index contributed by atoms with van der Waals surface area (Å²) in [6.45, 7) is 0.0694. The number of aliphatic hydroxyl groups is 2. The molecule has 0 heterocycles. The molecule has 2 heteroatoms. The average molecular weight is 150 g/mol. The summed E-state index contributed by atoms with van der Waals surface area (Å²) in [7, 11) is 0. The summed E-state index contributed by atoms with van der Waals surface area (Å²) >= 11 is 0. The Morgan fingerprint density at radius 1 is 1.18 bits per heavy atom. The minimum absolute atomic E-state index is 0.00124. The van der Waals surface area contributed by atoms with Crippen molar-refractivity contribution in [3.05, 3.63) is 12.2 Å². The van der Waals surface area contributed by atoms with Gasteiger partial charge in [0.05, 0.1) is 13.2 Å². The Labute approximate surface area is 66.6 Å². The van der Waals surface area contributed by atoms with Crippen molar-refractivity contribution in [2.24, 2.45) is 0 Å². The third-order valence-corrected chi connectivity index (χ3v) is 0.766. The molecule has 11 heavy (non-hydrogen) atoms. The van der Waals surface area contributed by atoms with Crippen molar-refractivity contribution in [1.29, 1.82) is 0 Å². The molecule has 0 aromatic rings. The van der Waals surface area contributed by atoms with Gasteiger partial charge in [0.1, 0.15) is 0 Å². The second kappa shape index (κ2) is 8.78. The van der Waals surface area contributed by atoms with Crippen molar-refractivity contribution < 1.29 is 10.2 Å². The maximum atomic E-state index is 8.31. The van der Waals surface area contributed by atoms with Gasteiger partial charge in [-0.15, -0.1) is 0 Å². The van der Waals surface area contributed by atoms with Crippen molar-refractivity contribution in [1.82, 2.24) is 0 Å². The Morgan fingerprint density at radius 2 is 2.00 bits per heavy atom. The first-order valence-electron chi connectivity index (χ1n) is 3.27. The molecule has 0 aromatic heterocycles. The fraction of sp³-hybridized carbons (Fsp3) is 0.333. The molecule has 0 saturated carbocycles. The number of hydrogen-bond donors (Lipinski definition) is 2. The summed E-state index contributed by atoms with van der Waals surface area (Å²) in [6.07, 6.45) is 3.52. The molecule has 0 unspecified atom stereocenters. The summed E-state index contributed by atoms with van der Waals surface area (Å²) in [6, 6.07) is 0. The van der Waals surface area contributed by atoms with Crippen LogP contribution in [0.4, 0.5) is 0 Å². The van der Waals surface area contributed by atoms with Gasteiger partial charge in [-0.2, -0.15) is 0 Å². The third kappa shape index (κ3) is 8.78. The summed E-state index contributed by atoms with van der Waals surface area (Å²) in [4.78, 5) is 0. The first-order valence-corrected chi connectivity index (χ1v) is 3.27. The van der Waals surface area contributed by atoms with Crippen LogP contribution in [0.3, 0.4) is 0 Å². The molecule has 0 fully saturated rings. The van der Waals surface area contributed by atoms with E-state index >= 15 is 0 Å². The predicted octanol–water partition coefficient (Wildman–Crippen LogP) is -0.0759. The normalized spacial score (nSPS) is 8.18. The summed E-state index contributed by atoms with van der Waals surface area (Å²) in [5.41, 5.74) is 0. The van der Waals surface area contributed by atoms with E-state index in [4.69, 9.17) is 10.2 Å². The minimum Gasteiger partial charge on any atom is -0.395 e. The first-order chi connectivity index (χ1) is 5.41. The molecule has 58 valence electrons. The van der Waals surface area contributed by atoms with Gasteiger partial charge >= 0.3 is 0 Å². The molecule has 0 amide bonds. The Morgan fingerprint density at radius 3 is 2.64 bits per heavy atom. The lowest BCUT2D eigenvalue weighted by Gasteiger charge is -1.73. The zero-order valence-corrected chi connectivity index (χ0v) is 6.17. The van der Waals surface area contributed by atoms with Crippen molar-refractivity contribution >= 4 is 0 Å². The standard InChI is InChI=1S/C9H10O2/c10-8-6-4-2-1-3-5-7-9-11/h4,6,10-11H,7-9H2. The van der Waals surface area contributed by atoms with Gasteiger partial charge in [0.15, 0.2) is 0 Å². The van der Waals surface area contributed by atoms with Gasteiger partial charge in [-0.05, 0) is 17.9 Å². The van der Waals surface area contributed by atoms with E-state index in [1.807, 2.05) is 0 Å². The van der Waals surface area contributed by atoms with E-state index in [9.17, 15) is 0 Å². The molecule has 0 saturated heterocycles. The molecular formula is C9H10O2. The van der Waals surface area contributed by atoms with E-state index < -0.39 is 0 Å². The maximum Gasteiger partial charge on any atom is 0.0621 e. The van der Waals surface area contributed by atoms with E-state index in [1.165, 1.54) is 12.2 Å². The molecule has 0 rings (SSSR count). The van der Waals surface area contributed by atoms with Gasteiger partial charge in [0.25, 0.3) is 0 Å². The Kier molecular flexibility index (Phi) is 7.81. The first kappa shape index (κ1) is 9.78. The van der Waals surface area contributed by atoms with E-state index in [2.05, 4.69) is 23.7 Å². The Bertz CT molecular complexity index is 219. The Balaban J connectivity index is 3.57. The summed E-state index contributed by atoms with van der Waals surface area (Å²) in [5, 5.41) is 16.6. The van der Waals surface area contributed by atoms with Crippen molar-refractivity contribution in [3.8, 4) is 23.7 Å². The van der Waals surface area contributed by atoms with Crippen LogP contribution in [0.25, 0.3) is 0 Å². The van der Waals surface area contributed by atoms with E-state index in [-0.39, 0.29) is 13.2 Å². The van der Waals surface area contributed by atoms with Crippen LogP contribution in [-0.4, -0.2) is 23.4 Å². The fourth-order valence-electron chi connectivity index (χ4n) is 0.352. The van der Waals surface area contributed by atoms with Crippen LogP contribution in [0.5, 0.6) is 0 Å². The molecule has 0 bridgehead atoms. The molecular weight excluding hydrogens is 140 g/mol. The van der Waals surface area contributed by atoms with E-state index in [1.54, 1.807) is 0 Å². The van der Waals surface area contributed by atoms with Crippen LogP contribution in [0, 0.1) is 23.7 Å². The molecule has 0 aliphatic rings. The van der Waals surface area contributed by atoms with Gasteiger partial charge < -0.3 is 10.2 Å². The molecule has 0 aliphatic carbocycles. The van der Waals surface area contributed by atoms with Crippen LogP contribution in [0.15, 0.2) is 12.2 Å². The molecule has 0 atom stereocenters. The van der Waals surface area contributed by atoms with Gasteiger partial charge in [-0.3, -0.25) is 0 Å². The summed E-state index contributed by atoms with van der Waals surface area (Å²) < 4.78 is 0. The minimum atomic E-state index is -0.00124. The molecule has 0 aliphatic heterocycles. The summed E-state index contributed by atoms with van der Waals surface area (Å²) in [5.74, 6) is 10.3. The molecule has 0 spiro atoms. The third-order valence-electron chi connectivity index (χ3n) is 0.766. The maximum absolute atomic E-state index is 8.31. The highest BCUT2D eigenvalue weighted by Gasteiger charge is 1.67. The lowest BCUT2D eigenvalue weighted by atomic mass is 10.4. The van der Waals surface area contributed by atoms with E-state index in [0.29, 0.717) is 6.42 Å². The SMILES string of the molecule is OCC=CC#CC#CCCO. The quantitative estimate of drug-likeness (QED) is 0.541. The smallest absolute Gasteiger partial charge is 0.0621 e. The van der Waals surface area contributed by atoms with Crippen LogP contribution < -0.4 is 0 Å². The van der Waals surface area contributed by atoms with Crippen LogP contribution in [-0.2, 0) is 0 Å². The lowest BCUT2D eigenvalue weighted by Crippen LogP contribution is -1.74. The largest absolute Gasteiger partial charge is 0.395 e.